The van der Waals surface area contributed by atoms with E-state index in [9.17, 15) is 13.2 Å². The highest BCUT2D eigenvalue weighted by molar-refractivity contribution is 9.10. The van der Waals surface area contributed by atoms with Gasteiger partial charge in [0.15, 0.2) is 0 Å². The molecule has 0 atom stereocenters. The van der Waals surface area contributed by atoms with Crippen LogP contribution in [0.25, 0.3) is 0 Å². The monoisotopic (exact) mass is 317 g/mol. The molecule has 0 saturated carbocycles. The summed E-state index contributed by atoms with van der Waals surface area (Å²) in [7, 11) is 0. The van der Waals surface area contributed by atoms with Crippen LogP contribution in [-0.2, 0) is 0 Å². The van der Waals surface area contributed by atoms with Gasteiger partial charge in [-0.05, 0) is 28.4 Å². The topological polar surface area (TPSA) is 22.1 Å². The van der Waals surface area contributed by atoms with Crippen LogP contribution in [0.1, 0.15) is 12.8 Å². The largest absolute Gasteiger partial charge is 0.477 e. The maximum atomic E-state index is 11.8. The van der Waals surface area contributed by atoms with Crippen LogP contribution in [0.3, 0.4) is 0 Å². The van der Waals surface area contributed by atoms with Crippen molar-refractivity contribution in [1.29, 1.82) is 0 Å². The average molecular weight is 319 g/mol. The molecule has 1 aromatic rings. The van der Waals surface area contributed by atoms with Gasteiger partial charge in [-0.3, -0.25) is 0 Å². The quantitative estimate of drug-likeness (QED) is 0.776. The number of hydrogen-bond acceptors (Lipinski definition) is 2. The molecule has 2 nitrogen and oxygen atoms in total. The minimum atomic E-state index is -4.15. The Hall–Kier alpha value is -0.490. The van der Waals surface area contributed by atoms with Gasteiger partial charge in [0.25, 0.3) is 0 Å². The second-order valence-corrected chi connectivity index (χ2v) is 4.33. The van der Waals surface area contributed by atoms with Crippen molar-refractivity contribution >= 4 is 27.5 Å². The second-order valence-electron chi connectivity index (χ2n) is 3.01. The maximum absolute atomic E-state index is 11.8. The third-order valence-corrected chi connectivity index (χ3v) is 2.32. The number of pyridine rings is 1. The average Bonchev–Trinajstić information content (AvgIpc) is 2.13. The normalized spacial score (nSPS) is 11.6. The maximum Gasteiger partial charge on any atom is 0.389 e. The van der Waals surface area contributed by atoms with E-state index in [1.54, 1.807) is 6.07 Å². The molecule has 1 heterocycles. The Morgan fingerprint density at radius 1 is 1.44 bits per heavy atom. The summed E-state index contributed by atoms with van der Waals surface area (Å²) in [6.45, 7) is -0.0616. The summed E-state index contributed by atoms with van der Waals surface area (Å²) in [5.41, 5.74) is 0. The van der Waals surface area contributed by atoms with E-state index in [-0.39, 0.29) is 23.9 Å². The first-order chi connectivity index (χ1) is 7.38. The van der Waals surface area contributed by atoms with E-state index in [1.165, 1.54) is 6.20 Å². The van der Waals surface area contributed by atoms with E-state index >= 15 is 0 Å². The molecule has 16 heavy (non-hydrogen) atoms. The lowest BCUT2D eigenvalue weighted by Gasteiger charge is -2.08. The van der Waals surface area contributed by atoms with Gasteiger partial charge in [-0.15, -0.1) is 0 Å². The van der Waals surface area contributed by atoms with Crippen molar-refractivity contribution in [1.82, 2.24) is 4.98 Å². The van der Waals surface area contributed by atoms with Crippen molar-refractivity contribution in [3.63, 3.8) is 0 Å². The predicted octanol–water partition coefficient (Wildman–Crippen LogP) is 4.22. The van der Waals surface area contributed by atoms with Gasteiger partial charge >= 0.3 is 6.18 Å². The van der Waals surface area contributed by atoms with Crippen LogP contribution in [0.4, 0.5) is 13.2 Å². The molecule has 0 aromatic carbocycles. The first-order valence-electron chi connectivity index (χ1n) is 4.39. The Kier molecular flexibility index (Phi) is 4.86. The number of ether oxygens (including phenoxy) is 1. The Labute approximate surface area is 104 Å². The van der Waals surface area contributed by atoms with Crippen molar-refractivity contribution in [2.75, 3.05) is 6.61 Å². The molecule has 1 aromatic heterocycles. The molecular formula is C9H8BrClF3NO. The summed E-state index contributed by atoms with van der Waals surface area (Å²) in [5, 5.41) is 0.265. The molecule has 0 amide bonds. The van der Waals surface area contributed by atoms with Crippen LogP contribution < -0.4 is 4.74 Å². The highest BCUT2D eigenvalue weighted by atomic mass is 79.9. The zero-order valence-electron chi connectivity index (χ0n) is 8.02. The highest BCUT2D eigenvalue weighted by Gasteiger charge is 2.26. The van der Waals surface area contributed by atoms with Crippen molar-refractivity contribution in [3.8, 4) is 5.88 Å². The van der Waals surface area contributed by atoms with E-state index in [0.717, 1.165) is 0 Å². The lowest BCUT2D eigenvalue weighted by atomic mass is 10.3. The van der Waals surface area contributed by atoms with Crippen LogP contribution in [0.5, 0.6) is 5.88 Å². The van der Waals surface area contributed by atoms with Gasteiger partial charge < -0.3 is 4.74 Å². The van der Waals surface area contributed by atoms with Gasteiger partial charge in [0.05, 0.1) is 6.61 Å². The first kappa shape index (κ1) is 13.6. The lowest BCUT2D eigenvalue weighted by molar-refractivity contribution is -0.136. The summed E-state index contributed by atoms with van der Waals surface area (Å²) in [4.78, 5) is 3.83. The number of aromatic nitrogens is 1. The van der Waals surface area contributed by atoms with Gasteiger partial charge in [-0.1, -0.05) is 11.6 Å². The molecule has 0 unspecified atom stereocenters. The zero-order chi connectivity index (χ0) is 12.2. The molecule has 0 saturated heterocycles. The molecule has 90 valence electrons. The van der Waals surface area contributed by atoms with E-state index < -0.39 is 12.6 Å². The van der Waals surface area contributed by atoms with Crippen LogP contribution >= 0.6 is 27.5 Å². The fraction of sp³-hybridized carbons (Fsp3) is 0.444. The van der Waals surface area contributed by atoms with E-state index in [2.05, 4.69) is 20.9 Å². The van der Waals surface area contributed by atoms with Crippen molar-refractivity contribution in [3.05, 3.63) is 21.8 Å². The van der Waals surface area contributed by atoms with Crippen LogP contribution in [0.15, 0.2) is 16.7 Å². The van der Waals surface area contributed by atoms with Gasteiger partial charge in [-0.25, -0.2) is 4.98 Å². The fourth-order valence-corrected chi connectivity index (χ4v) is 1.63. The SMILES string of the molecule is FC(F)(F)CCCOc1ncc(Br)cc1Cl. The molecule has 1 rings (SSSR count). The van der Waals surface area contributed by atoms with Crippen molar-refractivity contribution in [2.24, 2.45) is 0 Å². The molecule has 0 N–H and O–H groups in total. The number of alkyl halides is 3. The van der Waals surface area contributed by atoms with Crippen LogP contribution in [0, 0.1) is 0 Å². The third kappa shape index (κ3) is 5.03. The van der Waals surface area contributed by atoms with Gasteiger partial charge in [0, 0.05) is 17.1 Å². The smallest absolute Gasteiger partial charge is 0.389 e. The Bertz CT molecular complexity index is 359. The minimum absolute atomic E-state index is 0.0616. The molecule has 0 spiro atoms. The van der Waals surface area contributed by atoms with Gasteiger partial charge in [-0.2, -0.15) is 13.2 Å². The molecule has 0 bridgehead atoms. The number of rotatable bonds is 4. The summed E-state index contributed by atoms with van der Waals surface area (Å²) in [6, 6.07) is 1.56. The predicted molar refractivity (Wildman–Crippen MR) is 57.7 cm³/mol. The van der Waals surface area contributed by atoms with Crippen molar-refractivity contribution < 1.29 is 17.9 Å². The molecule has 0 aliphatic rings. The van der Waals surface area contributed by atoms with Gasteiger partial charge in [0.1, 0.15) is 5.02 Å². The summed E-state index contributed by atoms with van der Waals surface area (Å²) in [5.74, 6) is 0.145. The fourth-order valence-electron chi connectivity index (χ4n) is 0.950. The minimum Gasteiger partial charge on any atom is -0.477 e. The number of hydrogen-bond donors (Lipinski definition) is 0. The Morgan fingerprint density at radius 3 is 2.69 bits per heavy atom. The van der Waals surface area contributed by atoms with Crippen molar-refractivity contribution in [2.45, 2.75) is 19.0 Å². The van der Waals surface area contributed by atoms with E-state index in [4.69, 9.17) is 16.3 Å². The summed E-state index contributed by atoms with van der Waals surface area (Å²) in [6.07, 6.45) is -3.68. The molecule has 0 aliphatic heterocycles. The zero-order valence-corrected chi connectivity index (χ0v) is 10.4. The lowest BCUT2D eigenvalue weighted by Crippen LogP contribution is -2.10. The van der Waals surface area contributed by atoms with Crippen LogP contribution in [0.2, 0.25) is 5.02 Å². The first-order valence-corrected chi connectivity index (χ1v) is 5.56. The van der Waals surface area contributed by atoms with E-state index in [0.29, 0.717) is 4.47 Å². The summed E-state index contributed by atoms with van der Waals surface area (Å²) >= 11 is 8.91. The van der Waals surface area contributed by atoms with Gasteiger partial charge in [0.2, 0.25) is 5.88 Å². The Balaban J connectivity index is 2.38. The third-order valence-electron chi connectivity index (χ3n) is 1.62. The standard InChI is InChI=1S/C9H8BrClF3NO/c10-6-4-7(11)8(15-5-6)16-3-1-2-9(12,13)14/h4-5H,1-3H2. The van der Waals surface area contributed by atoms with E-state index in [1.807, 2.05) is 0 Å². The molecular weight excluding hydrogens is 310 g/mol. The molecule has 0 radical (unpaired) electrons. The van der Waals surface area contributed by atoms with Crippen LogP contribution in [-0.4, -0.2) is 17.8 Å². The molecule has 7 heteroatoms. The summed E-state index contributed by atoms with van der Waals surface area (Å²) < 4.78 is 41.1. The number of nitrogens with zero attached hydrogens (tertiary/aromatic N) is 1. The highest BCUT2D eigenvalue weighted by Crippen LogP contribution is 2.26. The Morgan fingerprint density at radius 2 is 2.12 bits per heavy atom. The molecule has 0 fully saturated rings. The molecule has 0 aliphatic carbocycles. The second kappa shape index (κ2) is 5.72. The number of halogens is 5.